The van der Waals surface area contributed by atoms with Gasteiger partial charge in [-0.1, -0.05) is 78.9 Å². The summed E-state index contributed by atoms with van der Waals surface area (Å²) in [4.78, 5) is 25.5. The minimum absolute atomic E-state index is 0.00679. The molecule has 5 nitrogen and oxygen atoms in total. The number of anilines is 1. The van der Waals surface area contributed by atoms with Crippen LogP contribution in [0.25, 0.3) is 33.1 Å². The number of aromatic nitrogens is 3. The number of amides is 1. The summed E-state index contributed by atoms with van der Waals surface area (Å²) in [5.74, 6) is -0.00679. The van der Waals surface area contributed by atoms with Gasteiger partial charge in [0.25, 0.3) is 0 Å². The molecule has 2 heterocycles. The van der Waals surface area contributed by atoms with Crippen molar-refractivity contribution in [2.75, 3.05) is 4.90 Å². The number of carbonyl (C=O) groups excluding carboxylic acids is 1. The summed E-state index contributed by atoms with van der Waals surface area (Å²) in [6, 6.07) is 35.8. The van der Waals surface area contributed by atoms with Gasteiger partial charge in [-0.2, -0.15) is 0 Å². The van der Waals surface area contributed by atoms with Crippen LogP contribution < -0.4 is 4.90 Å². The Balaban J connectivity index is 1.47. The number of nitrogens with zero attached hydrogens (tertiary/aromatic N) is 4. The maximum atomic E-state index is 13.8. The van der Waals surface area contributed by atoms with E-state index in [1.165, 1.54) is 0 Å². The second-order valence-electron chi connectivity index (χ2n) is 8.29. The molecule has 2 aromatic heterocycles. The van der Waals surface area contributed by atoms with Crippen LogP contribution in [0.2, 0.25) is 0 Å². The summed E-state index contributed by atoms with van der Waals surface area (Å²) in [6.07, 6.45) is 0. The summed E-state index contributed by atoms with van der Waals surface area (Å²) in [5, 5.41) is 0.998. The van der Waals surface area contributed by atoms with Crippen LogP contribution in [0.15, 0.2) is 109 Å². The van der Waals surface area contributed by atoms with Crippen LogP contribution in [0.1, 0.15) is 5.56 Å². The average molecular weight is 443 g/mol. The molecular weight excluding hydrogens is 420 g/mol. The van der Waals surface area contributed by atoms with E-state index in [1.54, 1.807) is 0 Å². The third-order valence-electron chi connectivity index (χ3n) is 6.10. The van der Waals surface area contributed by atoms with E-state index in [0.29, 0.717) is 6.54 Å². The second-order valence-corrected chi connectivity index (χ2v) is 8.29. The van der Waals surface area contributed by atoms with Crippen molar-refractivity contribution in [3.05, 3.63) is 115 Å². The monoisotopic (exact) mass is 442 g/mol. The topological polar surface area (TPSA) is 51.0 Å². The molecule has 1 amide bonds. The molecule has 0 aliphatic heterocycles. The van der Waals surface area contributed by atoms with E-state index in [-0.39, 0.29) is 12.5 Å². The van der Waals surface area contributed by atoms with Gasteiger partial charge >= 0.3 is 0 Å². The highest BCUT2D eigenvalue weighted by Crippen LogP contribution is 2.29. The molecule has 0 atom stereocenters. The van der Waals surface area contributed by atoms with Crippen molar-refractivity contribution in [2.24, 2.45) is 0 Å². The Kier molecular flexibility index (Phi) is 5.00. The molecule has 0 saturated carbocycles. The lowest BCUT2D eigenvalue weighted by Gasteiger charge is -2.24. The van der Waals surface area contributed by atoms with Crippen LogP contribution in [0, 0.1) is 0 Å². The molecule has 0 fully saturated rings. The van der Waals surface area contributed by atoms with Crippen molar-refractivity contribution < 1.29 is 4.79 Å². The minimum atomic E-state index is -0.00679. The predicted octanol–water partition coefficient (Wildman–Crippen LogP) is 5.97. The van der Waals surface area contributed by atoms with Crippen molar-refractivity contribution >= 4 is 44.7 Å². The minimum Gasteiger partial charge on any atom is -0.314 e. The van der Waals surface area contributed by atoms with Crippen molar-refractivity contribution in [2.45, 2.75) is 13.1 Å². The predicted molar refractivity (Wildman–Crippen MR) is 137 cm³/mol. The molecule has 0 aliphatic carbocycles. The third kappa shape index (κ3) is 3.57. The Hall–Kier alpha value is -4.51. The van der Waals surface area contributed by atoms with E-state index in [9.17, 15) is 4.79 Å². The van der Waals surface area contributed by atoms with Gasteiger partial charge in [0, 0.05) is 11.1 Å². The fourth-order valence-electron chi connectivity index (χ4n) is 4.46. The van der Waals surface area contributed by atoms with Gasteiger partial charge < -0.3 is 9.47 Å². The first-order valence-electron chi connectivity index (χ1n) is 11.3. The maximum absolute atomic E-state index is 13.8. The van der Waals surface area contributed by atoms with Crippen LogP contribution in [0.3, 0.4) is 0 Å². The molecule has 0 spiro atoms. The van der Waals surface area contributed by atoms with Crippen LogP contribution in [-0.2, 0) is 17.9 Å². The molecule has 0 bridgehead atoms. The van der Waals surface area contributed by atoms with Crippen LogP contribution in [0.4, 0.5) is 5.69 Å². The zero-order chi connectivity index (χ0) is 22.9. The summed E-state index contributed by atoms with van der Waals surface area (Å²) < 4.78 is 1.99. The van der Waals surface area contributed by atoms with Crippen molar-refractivity contribution in [3.8, 4) is 0 Å². The average Bonchev–Trinajstić information content (AvgIpc) is 3.19. The standard InChI is InChI=1S/C29H22N4O/c34-27(32(22-13-5-2-6-14-22)19-21-11-3-1-4-12-21)20-33-26-18-10-7-15-23(26)28-29(33)31-25-17-9-8-16-24(25)30-28/h1-18H,19-20H2. The van der Waals surface area contributed by atoms with Gasteiger partial charge in [0.1, 0.15) is 12.1 Å². The van der Waals surface area contributed by atoms with Crippen LogP contribution in [-0.4, -0.2) is 20.4 Å². The van der Waals surface area contributed by atoms with Gasteiger partial charge in [-0.05, 0) is 35.9 Å². The number of fused-ring (bicyclic) bond motifs is 4. The normalized spacial score (nSPS) is 11.3. The number of hydrogen-bond acceptors (Lipinski definition) is 3. The number of hydrogen-bond donors (Lipinski definition) is 0. The first-order chi connectivity index (χ1) is 16.8. The van der Waals surface area contributed by atoms with Gasteiger partial charge in [0.05, 0.1) is 23.1 Å². The van der Waals surface area contributed by atoms with E-state index >= 15 is 0 Å². The first-order valence-corrected chi connectivity index (χ1v) is 11.3. The summed E-state index contributed by atoms with van der Waals surface area (Å²) in [5.41, 5.74) is 6.10. The molecule has 0 saturated heterocycles. The van der Waals surface area contributed by atoms with Crippen molar-refractivity contribution in [1.29, 1.82) is 0 Å². The van der Waals surface area contributed by atoms with E-state index in [0.717, 1.165) is 44.4 Å². The molecule has 6 aromatic rings. The van der Waals surface area contributed by atoms with E-state index < -0.39 is 0 Å². The number of benzene rings is 4. The molecule has 0 radical (unpaired) electrons. The van der Waals surface area contributed by atoms with Gasteiger partial charge in [-0.15, -0.1) is 0 Å². The van der Waals surface area contributed by atoms with Gasteiger partial charge in [-0.3, -0.25) is 4.79 Å². The highest BCUT2D eigenvalue weighted by atomic mass is 16.2. The summed E-state index contributed by atoms with van der Waals surface area (Å²) >= 11 is 0. The SMILES string of the molecule is O=C(Cn1c2ccccc2c2nc3ccccc3nc21)N(Cc1ccccc1)c1ccccc1. The van der Waals surface area contributed by atoms with Gasteiger partial charge in [-0.25, -0.2) is 9.97 Å². The number of rotatable bonds is 5. The number of carbonyl (C=O) groups is 1. The second kappa shape index (κ2) is 8.45. The van der Waals surface area contributed by atoms with Crippen molar-refractivity contribution in [3.63, 3.8) is 0 Å². The lowest BCUT2D eigenvalue weighted by Crippen LogP contribution is -2.33. The highest BCUT2D eigenvalue weighted by Gasteiger charge is 2.21. The zero-order valence-electron chi connectivity index (χ0n) is 18.5. The molecule has 164 valence electrons. The Bertz CT molecular complexity index is 1620. The fourth-order valence-corrected chi connectivity index (χ4v) is 4.46. The molecule has 6 rings (SSSR count). The lowest BCUT2D eigenvalue weighted by molar-refractivity contribution is -0.119. The fraction of sp³-hybridized carbons (Fsp3) is 0.0690. The van der Waals surface area contributed by atoms with Gasteiger partial charge in [0.2, 0.25) is 5.91 Å². The maximum Gasteiger partial charge on any atom is 0.247 e. The molecule has 0 N–H and O–H groups in total. The Morgan fingerprint density at radius 1 is 0.706 bits per heavy atom. The summed E-state index contributed by atoms with van der Waals surface area (Å²) in [6.45, 7) is 0.661. The Morgan fingerprint density at radius 3 is 2.09 bits per heavy atom. The Morgan fingerprint density at radius 2 is 1.32 bits per heavy atom. The van der Waals surface area contributed by atoms with Crippen LogP contribution >= 0.6 is 0 Å². The molecule has 0 aliphatic rings. The molecule has 0 unspecified atom stereocenters. The molecule has 34 heavy (non-hydrogen) atoms. The number of para-hydroxylation sites is 4. The Labute approximate surface area is 196 Å². The van der Waals surface area contributed by atoms with E-state index in [2.05, 4.69) is 0 Å². The van der Waals surface area contributed by atoms with Crippen LogP contribution in [0.5, 0.6) is 0 Å². The largest absolute Gasteiger partial charge is 0.314 e. The summed E-state index contributed by atoms with van der Waals surface area (Å²) in [7, 11) is 0. The smallest absolute Gasteiger partial charge is 0.247 e. The molecule has 4 aromatic carbocycles. The highest BCUT2D eigenvalue weighted by molar-refractivity contribution is 6.07. The quantitative estimate of drug-likeness (QED) is 0.330. The van der Waals surface area contributed by atoms with Crippen molar-refractivity contribution in [1.82, 2.24) is 14.5 Å². The first kappa shape index (κ1) is 20.1. The van der Waals surface area contributed by atoms with E-state index in [1.807, 2.05) is 119 Å². The van der Waals surface area contributed by atoms with E-state index in [4.69, 9.17) is 9.97 Å². The molecule has 5 heteroatoms. The third-order valence-corrected chi connectivity index (χ3v) is 6.10. The lowest BCUT2D eigenvalue weighted by atomic mass is 10.2. The van der Waals surface area contributed by atoms with Gasteiger partial charge in [0.15, 0.2) is 5.65 Å². The zero-order valence-corrected chi connectivity index (χ0v) is 18.5. The molecular formula is C29H22N4O.